The largest absolute Gasteiger partial charge is 0.444 e. The van der Waals surface area contributed by atoms with Crippen molar-refractivity contribution >= 4 is 16.6 Å². The molecule has 108 valence electrons. The minimum absolute atomic E-state index is 0.0133. The number of fused-ring (bicyclic) bond motifs is 1. The third-order valence-corrected chi connectivity index (χ3v) is 3.89. The lowest BCUT2D eigenvalue weighted by atomic mass is 10.1. The summed E-state index contributed by atoms with van der Waals surface area (Å²) in [7, 11) is 0. The van der Waals surface area contributed by atoms with Crippen LogP contribution in [0.15, 0.2) is 35.3 Å². The Kier molecular flexibility index (Phi) is 2.89. The highest BCUT2D eigenvalue weighted by atomic mass is 16.5. The summed E-state index contributed by atoms with van der Waals surface area (Å²) in [6.45, 7) is 0.781. The monoisotopic (exact) mass is 284 g/mol. The Labute approximate surface area is 121 Å². The summed E-state index contributed by atoms with van der Waals surface area (Å²) in [5.41, 5.74) is 8.70. The molecule has 1 aliphatic rings. The van der Waals surface area contributed by atoms with Crippen LogP contribution in [0.2, 0.25) is 0 Å². The number of nitrogens with two attached hydrogens (primary N) is 1. The van der Waals surface area contributed by atoms with Crippen LogP contribution >= 0.6 is 0 Å². The SMILES string of the molecule is Nc1cc(-c2cnco2)cc2c1cnn2C1CCCCO1. The molecule has 6 heteroatoms. The summed E-state index contributed by atoms with van der Waals surface area (Å²) in [4.78, 5) is 3.95. The average molecular weight is 284 g/mol. The van der Waals surface area contributed by atoms with E-state index < -0.39 is 0 Å². The third kappa shape index (κ3) is 2.08. The number of hydrogen-bond donors (Lipinski definition) is 1. The van der Waals surface area contributed by atoms with Crippen molar-refractivity contribution in [1.82, 2.24) is 14.8 Å². The van der Waals surface area contributed by atoms with Gasteiger partial charge in [-0.1, -0.05) is 0 Å². The lowest BCUT2D eigenvalue weighted by molar-refractivity contribution is -0.0366. The second kappa shape index (κ2) is 4.89. The van der Waals surface area contributed by atoms with Crippen molar-refractivity contribution in [3.8, 4) is 11.3 Å². The Morgan fingerprint density at radius 1 is 1.24 bits per heavy atom. The standard InChI is InChI=1S/C15H16N4O2/c16-12-5-10(14-8-17-9-21-14)6-13-11(12)7-18-19(13)15-3-1-2-4-20-15/h5-9,15H,1-4,16H2. The van der Waals surface area contributed by atoms with Crippen molar-refractivity contribution in [2.24, 2.45) is 0 Å². The van der Waals surface area contributed by atoms with Crippen LogP contribution in [-0.2, 0) is 4.74 Å². The maximum Gasteiger partial charge on any atom is 0.181 e. The summed E-state index contributed by atoms with van der Waals surface area (Å²) in [6, 6.07) is 3.91. The molecule has 1 atom stereocenters. The zero-order valence-electron chi connectivity index (χ0n) is 11.5. The van der Waals surface area contributed by atoms with Crippen LogP contribution in [0.5, 0.6) is 0 Å². The normalized spacial score (nSPS) is 19.1. The number of hydrogen-bond acceptors (Lipinski definition) is 5. The second-order valence-corrected chi connectivity index (χ2v) is 5.27. The summed E-state index contributed by atoms with van der Waals surface area (Å²) >= 11 is 0. The van der Waals surface area contributed by atoms with E-state index in [1.54, 1.807) is 12.4 Å². The fourth-order valence-corrected chi connectivity index (χ4v) is 2.82. The van der Waals surface area contributed by atoms with E-state index >= 15 is 0 Å². The Morgan fingerprint density at radius 3 is 2.95 bits per heavy atom. The first-order valence-electron chi connectivity index (χ1n) is 7.10. The number of nitrogens with zero attached hydrogens (tertiary/aromatic N) is 3. The maximum atomic E-state index is 6.15. The van der Waals surface area contributed by atoms with Crippen LogP contribution in [0.4, 0.5) is 5.69 Å². The number of oxazole rings is 1. The van der Waals surface area contributed by atoms with E-state index in [1.165, 1.54) is 6.39 Å². The van der Waals surface area contributed by atoms with Gasteiger partial charge in [-0.3, -0.25) is 0 Å². The Bertz CT molecular complexity index is 757. The lowest BCUT2D eigenvalue weighted by Crippen LogP contribution is -2.18. The number of ether oxygens (including phenoxy) is 1. The van der Waals surface area contributed by atoms with Gasteiger partial charge in [-0.2, -0.15) is 5.10 Å². The van der Waals surface area contributed by atoms with Crippen LogP contribution in [0.1, 0.15) is 25.5 Å². The van der Waals surface area contributed by atoms with E-state index in [9.17, 15) is 0 Å². The fourth-order valence-electron chi connectivity index (χ4n) is 2.82. The molecule has 4 rings (SSSR count). The smallest absolute Gasteiger partial charge is 0.181 e. The first-order valence-corrected chi connectivity index (χ1v) is 7.10. The minimum atomic E-state index is -0.0133. The Morgan fingerprint density at radius 2 is 2.19 bits per heavy atom. The van der Waals surface area contributed by atoms with E-state index in [0.717, 1.165) is 42.3 Å². The van der Waals surface area contributed by atoms with E-state index in [4.69, 9.17) is 14.9 Å². The molecule has 0 spiro atoms. The van der Waals surface area contributed by atoms with Gasteiger partial charge in [-0.05, 0) is 31.4 Å². The zero-order valence-corrected chi connectivity index (χ0v) is 11.5. The predicted octanol–water partition coefficient (Wildman–Crippen LogP) is 2.97. The van der Waals surface area contributed by atoms with Crippen molar-refractivity contribution in [2.45, 2.75) is 25.5 Å². The van der Waals surface area contributed by atoms with Crippen molar-refractivity contribution in [3.63, 3.8) is 0 Å². The van der Waals surface area contributed by atoms with Crippen LogP contribution < -0.4 is 5.73 Å². The molecule has 0 bridgehead atoms. The summed E-state index contributed by atoms with van der Waals surface area (Å²) in [5.74, 6) is 0.695. The number of anilines is 1. The Balaban J connectivity index is 1.85. The van der Waals surface area contributed by atoms with Gasteiger partial charge in [0.25, 0.3) is 0 Å². The third-order valence-electron chi connectivity index (χ3n) is 3.89. The summed E-state index contributed by atoms with van der Waals surface area (Å²) in [6.07, 6.45) is 8.12. The zero-order chi connectivity index (χ0) is 14.2. The van der Waals surface area contributed by atoms with Crippen LogP contribution in [0.25, 0.3) is 22.2 Å². The molecule has 6 nitrogen and oxygen atoms in total. The molecule has 1 saturated heterocycles. The number of rotatable bonds is 2. The van der Waals surface area contributed by atoms with Crippen molar-refractivity contribution < 1.29 is 9.15 Å². The number of aromatic nitrogens is 3. The molecule has 2 aromatic heterocycles. The highest BCUT2D eigenvalue weighted by molar-refractivity contribution is 5.94. The van der Waals surface area contributed by atoms with E-state index in [1.807, 2.05) is 16.8 Å². The molecule has 0 saturated carbocycles. The van der Waals surface area contributed by atoms with Crippen molar-refractivity contribution in [2.75, 3.05) is 12.3 Å². The molecular formula is C15H16N4O2. The van der Waals surface area contributed by atoms with Crippen molar-refractivity contribution in [3.05, 3.63) is 30.9 Å². The molecule has 0 radical (unpaired) electrons. The molecule has 3 heterocycles. The van der Waals surface area contributed by atoms with Gasteiger partial charge in [0.2, 0.25) is 0 Å². The second-order valence-electron chi connectivity index (χ2n) is 5.27. The van der Waals surface area contributed by atoms with Gasteiger partial charge in [0.15, 0.2) is 18.4 Å². The molecule has 1 unspecified atom stereocenters. The Hall–Kier alpha value is -2.34. The highest BCUT2D eigenvalue weighted by Gasteiger charge is 2.20. The summed E-state index contributed by atoms with van der Waals surface area (Å²) < 4.78 is 13.1. The van der Waals surface area contributed by atoms with Gasteiger partial charge in [0.05, 0.1) is 17.9 Å². The first-order chi connectivity index (χ1) is 10.3. The predicted molar refractivity (Wildman–Crippen MR) is 78.5 cm³/mol. The summed E-state index contributed by atoms with van der Waals surface area (Å²) in [5, 5.41) is 5.41. The highest BCUT2D eigenvalue weighted by Crippen LogP contribution is 2.32. The molecule has 1 aromatic carbocycles. The molecule has 0 amide bonds. The maximum absolute atomic E-state index is 6.15. The molecular weight excluding hydrogens is 268 g/mol. The molecule has 3 aromatic rings. The van der Waals surface area contributed by atoms with E-state index in [-0.39, 0.29) is 6.23 Å². The fraction of sp³-hybridized carbons (Fsp3) is 0.333. The van der Waals surface area contributed by atoms with Gasteiger partial charge in [0, 0.05) is 23.2 Å². The average Bonchev–Trinajstić information content (AvgIpc) is 3.18. The first kappa shape index (κ1) is 12.4. The van der Waals surface area contributed by atoms with Gasteiger partial charge < -0.3 is 14.9 Å². The van der Waals surface area contributed by atoms with Gasteiger partial charge in [0.1, 0.15) is 0 Å². The number of benzene rings is 1. The van der Waals surface area contributed by atoms with Crippen LogP contribution in [-0.4, -0.2) is 21.4 Å². The molecule has 1 aliphatic heterocycles. The minimum Gasteiger partial charge on any atom is -0.444 e. The molecule has 21 heavy (non-hydrogen) atoms. The van der Waals surface area contributed by atoms with Crippen molar-refractivity contribution in [1.29, 1.82) is 0 Å². The van der Waals surface area contributed by atoms with Gasteiger partial charge in [-0.25, -0.2) is 9.67 Å². The molecule has 2 N–H and O–H groups in total. The van der Waals surface area contributed by atoms with Gasteiger partial charge in [-0.15, -0.1) is 0 Å². The lowest BCUT2D eigenvalue weighted by Gasteiger charge is -2.23. The molecule has 1 fully saturated rings. The van der Waals surface area contributed by atoms with E-state index in [2.05, 4.69) is 10.1 Å². The number of nitrogen functional groups attached to an aromatic ring is 1. The quantitative estimate of drug-likeness (QED) is 0.732. The topological polar surface area (TPSA) is 79.1 Å². The molecule has 0 aliphatic carbocycles. The van der Waals surface area contributed by atoms with Crippen LogP contribution in [0, 0.1) is 0 Å². The van der Waals surface area contributed by atoms with E-state index in [0.29, 0.717) is 11.4 Å². The van der Waals surface area contributed by atoms with Gasteiger partial charge >= 0.3 is 0 Å². The van der Waals surface area contributed by atoms with Crippen LogP contribution in [0.3, 0.4) is 0 Å².